The van der Waals surface area contributed by atoms with Gasteiger partial charge in [-0.05, 0) is 44.5 Å². The SMILES string of the molecule is Cc1c(F)ccc2sc(NC(=O)c3ccn(C4CCCNC4)n3)nc12.Cl. The molecule has 138 valence electrons. The maximum Gasteiger partial charge on any atom is 0.277 e. The van der Waals surface area contributed by atoms with Gasteiger partial charge in [0.2, 0.25) is 0 Å². The average molecular weight is 396 g/mol. The number of halogens is 2. The van der Waals surface area contributed by atoms with Crippen molar-refractivity contribution in [3.8, 4) is 0 Å². The Bertz CT molecular complexity index is 935. The molecule has 3 aromatic rings. The van der Waals surface area contributed by atoms with E-state index in [0.717, 1.165) is 30.6 Å². The van der Waals surface area contributed by atoms with E-state index in [9.17, 15) is 9.18 Å². The fourth-order valence-electron chi connectivity index (χ4n) is 3.04. The molecule has 0 radical (unpaired) electrons. The zero-order chi connectivity index (χ0) is 17.4. The summed E-state index contributed by atoms with van der Waals surface area (Å²) in [7, 11) is 0. The van der Waals surface area contributed by atoms with Crippen LogP contribution >= 0.6 is 23.7 Å². The van der Waals surface area contributed by atoms with Gasteiger partial charge in [-0.15, -0.1) is 12.4 Å². The first-order valence-corrected chi connectivity index (χ1v) is 9.06. The van der Waals surface area contributed by atoms with E-state index < -0.39 is 0 Å². The number of hydrogen-bond donors (Lipinski definition) is 2. The van der Waals surface area contributed by atoms with Crippen LogP contribution < -0.4 is 10.6 Å². The minimum Gasteiger partial charge on any atom is -0.315 e. The van der Waals surface area contributed by atoms with E-state index in [1.54, 1.807) is 19.1 Å². The van der Waals surface area contributed by atoms with Gasteiger partial charge in [-0.2, -0.15) is 5.10 Å². The maximum absolute atomic E-state index is 13.6. The van der Waals surface area contributed by atoms with Crippen molar-refractivity contribution in [2.75, 3.05) is 18.4 Å². The van der Waals surface area contributed by atoms with Crippen LogP contribution in [0.2, 0.25) is 0 Å². The second-order valence-corrected chi connectivity index (χ2v) is 7.20. The summed E-state index contributed by atoms with van der Waals surface area (Å²) in [4.78, 5) is 16.8. The number of nitrogens with zero attached hydrogens (tertiary/aromatic N) is 3. The number of fused-ring (bicyclic) bond motifs is 1. The van der Waals surface area contributed by atoms with E-state index in [1.807, 2.05) is 10.9 Å². The highest BCUT2D eigenvalue weighted by Gasteiger charge is 2.19. The zero-order valence-corrected chi connectivity index (χ0v) is 15.8. The van der Waals surface area contributed by atoms with Gasteiger partial charge in [0.15, 0.2) is 10.8 Å². The summed E-state index contributed by atoms with van der Waals surface area (Å²) >= 11 is 1.32. The molecule has 3 heterocycles. The molecule has 1 aliphatic rings. The van der Waals surface area contributed by atoms with Crippen molar-refractivity contribution in [2.45, 2.75) is 25.8 Å². The van der Waals surface area contributed by atoms with Crippen LogP contribution in [0.3, 0.4) is 0 Å². The number of thiazole rings is 1. The summed E-state index contributed by atoms with van der Waals surface area (Å²) < 4.78 is 16.3. The minimum absolute atomic E-state index is 0. The van der Waals surface area contributed by atoms with Gasteiger partial charge in [-0.3, -0.25) is 14.8 Å². The fraction of sp³-hybridized carbons (Fsp3) is 0.353. The number of nitrogens with one attached hydrogen (secondary N) is 2. The van der Waals surface area contributed by atoms with Crippen LogP contribution in [0, 0.1) is 12.7 Å². The molecule has 1 atom stereocenters. The first-order valence-electron chi connectivity index (χ1n) is 8.24. The van der Waals surface area contributed by atoms with Crippen LogP contribution in [0.1, 0.15) is 34.9 Å². The Balaban J connectivity index is 0.00000196. The molecule has 9 heteroatoms. The number of carbonyl (C=O) groups excluding carboxylic acids is 1. The summed E-state index contributed by atoms with van der Waals surface area (Å²) in [6.07, 6.45) is 4.00. The van der Waals surface area contributed by atoms with Gasteiger partial charge in [0, 0.05) is 18.3 Å². The molecule has 26 heavy (non-hydrogen) atoms. The quantitative estimate of drug-likeness (QED) is 0.711. The number of aromatic nitrogens is 3. The number of benzene rings is 1. The van der Waals surface area contributed by atoms with Crippen LogP contribution in [0.25, 0.3) is 10.2 Å². The number of amides is 1. The third kappa shape index (κ3) is 3.58. The first-order chi connectivity index (χ1) is 12.1. The minimum atomic E-state index is -0.306. The standard InChI is InChI=1S/C17H18FN5OS.ClH/c1-10-12(18)4-5-14-15(10)20-17(25-14)21-16(24)13-6-8-23(22-13)11-3-2-7-19-9-11;/h4-6,8,11,19H,2-3,7,9H2,1H3,(H,20,21,24);1H. The monoisotopic (exact) mass is 395 g/mol. The van der Waals surface area contributed by atoms with Gasteiger partial charge in [0.05, 0.1) is 16.3 Å². The van der Waals surface area contributed by atoms with Crippen molar-refractivity contribution in [2.24, 2.45) is 0 Å². The van der Waals surface area contributed by atoms with Crippen molar-refractivity contribution >= 4 is 45.0 Å². The maximum atomic E-state index is 13.6. The van der Waals surface area contributed by atoms with Crippen molar-refractivity contribution in [3.05, 3.63) is 41.5 Å². The Morgan fingerprint density at radius 1 is 1.42 bits per heavy atom. The Kier molecular flexibility index (Phi) is 5.55. The molecule has 6 nitrogen and oxygen atoms in total. The third-order valence-electron chi connectivity index (χ3n) is 4.45. The highest BCUT2D eigenvalue weighted by atomic mass is 35.5. The normalized spacial score (nSPS) is 17.1. The van der Waals surface area contributed by atoms with E-state index in [1.165, 1.54) is 17.4 Å². The van der Waals surface area contributed by atoms with E-state index in [2.05, 4.69) is 20.7 Å². The molecular weight excluding hydrogens is 377 g/mol. The first kappa shape index (κ1) is 18.8. The van der Waals surface area contributed by atoms with E-state index in [-0.39, 0.29) is 30.2 Å². The molecule has 0 spiro atoms. The van der Waals surface area contributed by atoms with Crippen molar-refractivity contribution < 1.29 is 9.18 Å². The molecule has 1 amide bonds. The lowest BCUT2D eigenvalue weighted by Gasteiger charge is -2.22. The number of piperidine rings is 1. The summed E-state index contributed by atoms with van der Waals surface area (Å²) in [6, 6.07) is 5.09. The molecule has 1 unspecified atom stereocenters. The molecule has 0 aliphatic carbocycles. The van der Waals surface area contributed by atoms with Crippen molar-refractivity contribution in [3.63, 3.8) is 0 Å². The fourth-order valence-corrected chi connectivity index (χ4v) is 3.96. The molecule has 1 saturated heterocycles. The van der Waals surface area contributed by atoms with Gasteiger partial charge >= 0.3 is 0 Å². The van der Waals surface area contributed by atoms with Gasteiger partial charge in [-0.25, -0.2) is 9.37 Å². The summed E-state index contributed by atoms with van der Waals surface area (Å²) in [6.45, 7) is 3.58. The molecule has 1 aliphatic heterocycles. The largest absolute Gasteiger partial charge is 0.315 e. The number of carbonyl (C=O) groups is 1. The molecule has 0 saturated carbocycles. The van der Waals surface area contributed by atoms with Crippen molar-refractivity contribution in [1.29, 1.82) is 0 Å². The lowest BCUT2D eigenvalue weighted by atomic mass is 10.1. The number of rotatable bonds is 3. The molecule has 2 N–H and O–H groups in total. The Morgan fingerprint density at radius 3 is 3.04 bits per heavy atom. The summed E-state index contributed by atoms with van der Waals surface area (Å²) in [5, 5.41) is 10.9. The predicted octanol–water partition coefficient (Wildman–Crippen LogP) is 3.54. The molecule has 0 bridgehead atoms. The molecule has 1 aromatic carbocycles. The van der Waals surface area contributed by atoms with Crippen LogP contribution in [0.15, 0.2) is 24.4 Å². The van der Waals surface area contributed by atoms with Gasteiger partial charge < -0.3 is 5.32 Å². The Morgan fingerprint density at radius 2 is 2.27 bits per heavy atom. The Labute approximate surface area is 160 Å². The highest BCUT2D eigenvalue weighted by molar-refractivity contribution is 7.22. The Hall–Kier alpha value is -2.03. The number of hydrogen-bond acceptors (Lipinski definition) is 5. The predicted molar refractivity (Wildman–Crippen MR) is 103 cm³/mol. The zero-order valence-electron chi connectivity index (χ0n) is 14.2. The van der Waals surface area contributed by atoms with E-state index >= 15 is 0 Å². The third-order valence-corrected chi connectivity index (χ3v) is 5.39. The second-order valence-electron chi connectivity index (χ2n) is 6.17. The van der Waals surface area contributed by atoms with E-state index in [0.29, 0.717) is 21.9 Å². The molecule has 4 rings (SSSR count). The van der Waals surface area contributed by atoms with Crippen LogP contribution in [0.4, 0.5) is 9.52 Å². The molecular formula is C17H19ClFN5OS. The summed E-state index contributed by atoms with van der Waals surface area (Å²) in [5.74, 6) is -0.602. The van der Waals surface area contributed by atoms with E-state index in [4.69, 9.17) is 0 Å². The molecule has 2 aromatic heterocycles. The van der Waals surface area contributed by atoms with Crippen LogP contribution in [-0.4, -0.2) is 33.8 Å². The van der Waals surface area contributed by atoms with Crippen LogP contribution in [0.5, 0.6) is 0 Å². The van der Waals surface area contributed by atoms with Crippen molar-refractivity contribution in [1.82, 2.24) is 20.1 Å². The van der Waals surface area contributed by atoms with Crippen LogP contribution in [-0.2, 0) is 0 Å². The summed E-state index contributed by atoms with van der Waals surface area (Å²) in [5.41, 5.74) is 1.43. The number of aryl methyl sites for hydroxylation is 1. The van der Waals surface area contributed by atoms with Gasteiger partial charge in [-0.1, -0.05) is 11.3 Å². The molecule has 1 fully saturated rings. The second kappa shape index (κ2) is 7.69. The average Bonchev–Trinajstić information content (AvgIpc) is 3.26. The van der Waals surface area contributed by atoms with Gasteiger partial charge in [0.25, 0.3) is 5.91 Å². The van der Waals surface area contributed by atoms with Gasteiger partial charge in [0.1, 0.15) is 5.82 Å². The smallest absolute Gasteiger partial charge is 0.277 e. The lowest BCUT2D eigenvalue weighted by molar-refractivity contribution is 0.102. The highest BCUT2D eigenvalue weighted by Crippen LogP contribution is 2.29. The topological polar surface area (TPSA) is 71.8 Å². The number of anilines is 1. The lowest BCUT2D eigenvalue weighted by Crippen LogP contribution is -2.32.